The van der Waals surface area contributed by atoms with Gasteiger partial charge in [0.1, 0.15) is 11.6 Å². The van der Waals surface area contributed by atoms with Crippen LogP contribution in [0.2, 0.25) is 0 Å². The highest BCUT2D eigenvalue weighted by Crippen LogP contribution is 2.29. The number of aromatic hydroxyl groups is 1. The fourth-order valence-electron chi connectivity index (χ4n) is 4.65. The predicted molar refractivity (Wildman–Crippen MR) is 129 cm³/mol. The van der Waals surface area contributed by atoms with E-state index in [9.17, 15) is 19.1 Å². The van der Waals surface area contributed by atoms with Gasteiger partial charge in [-0.15, -0.1) is 0 Å². The Kier molecular flexibility index (Phi) is 7.10. The minimum atomic E-state index is -0.566. The van der Waals surface area contributed by atoms with Crippen LogP contribution in [0, 0.1) is 5.82 Å². The molecule has 0 spiro atoms. The maximum atomic E-state index is 13.6. The van der Waals surface area contributed by atoms with E-state index in [0.717, 1.165) is 30.4 Å². The SMILES string of the molecule is CCCCc1nc(O)c(C(=O)N2CC[C@@H](c3ccccc3)C2)c(=O)n1C(C)c1ccc(F)cc1. The Labute approximate surface area is 198 Å². The summed E-state index contributed by atoms with van der Waals surface area (Å²) in [6.45, 7) is 4.83. The van der Waals surface area contributed by atoms with Crippen LogP contribution in [0.3, 0.4) is 0 Å². The highest BCUT2D eigenvalue weighted by Gasteiger charge is 2.33. The van der Waals surface area contributed by atoms with Crippen molar-refractivity contribution < 1.29 is 14.3 Å². The molecule has 6 nitrogen and oxygen atoms in total. The quantitative estimate of drug-likeness (QED) is 0.553. The van der Waals surface area contributed by atoms with Crippen LogP contribution in [0.4, 0.5) is 4.39 Å². The number of unbranched alkanes of at least 4 members (excludes halogenated alkanes) is 1. The molecule has 2 aromatic carbocycles. The fraction of sp³-hybridized carbons (Fsp3) is 0.370. The van der Waals surface area contributed by atoms with E-state index < -0.39 is 23.4 Å². The average molecular weight is 464 g/mol. The van der Waals surface area contributed by atoms with Gasteiger partial charge in [0, 0.05) is 25.4 Å². The Balaban J connectivity index is 1.70. The van der Waals surface area contributed by atoms with Crippen molar-refractivity contribution in [1.29, 1.82) is 0 Å². The van der Waals surface area contributed by atoms with Gasteiger partial charge in [-0.3, -0.25) is 14.2 Å². The van der Waals surface area contributed by atoms with Crippen molar-refractivity contribution >= 4 is 5.91 Å². The number of aromatic nitrogens is 2. The number of halogens is 1. The second kappa shape index (κ2) is 10.2. The minimum absolute atomic E-state index is 0.185. The van der Waals surface area contributed by atoms with E-state index in [2.05, 4.69) is 4.98 Å². The lowest BCUT2D eigenvalue weighted by molar-refractivity contribution is 0.0783. The molecule has 1 fully saturated rings. The molecule has 1 saturated heterocycles. The average Bonchev–Trinajstić information content (AvgIpc) is 3.33. The van der Waals surface area contributed by atoms with E-state index >= 15 is 0 Å². The van der Waals surface area contributed by atoms with E-state index in [0.29, 0.717) is 25.3 Å². The van der Waals surface area contributed by atoms with Crippen LogP contribution in [0.15, 0.2) is 59.4 Å². The summed E-state index contributed by atoms with van der Waals surface area (Å²) in [6.07, 6.45) is 2.94. The predicted octanol–water partition coefficient (Wildman–Crippen LogP) is 4.67. The molecule has 1 amide bonds. The van der Waals surface area contributed by atoms with Crippen LogP contribution in [0.1, 0.15) is 72.4 Å². The molecule has 2 heterocycles. The van der Waals surface area contributed by atoms with Gasteiger partial charge < -0.3 is 10.0 Å². The summed E-state index contributed by atoms with van der Waals surface area (Å²) in [4.78, 5) is 33.0. The fourth-order valence-corrected chi connectivity index (χ4v) is 4.65. The van der Waals surface area contributed by atoms with Crippen LogP contribution < -0.4 is 5.56 Å². The largest absolute Gasteiger partial charge is 0.493 e. The molecule has 34 heavy (non-hydrogen) atoms. The van der Waals surface area contributed by atoms with Gasteiger partial charge in [0.2, 0.25) is 5.88 Å². The van der Waals surface area contributed by atoms with Crippen molar-refractivity contribution in [1.82, 2.24) is 14.5 Å². The number of hydrogen-bond acceptors (Lipinski definition) is 4. The number of amides is 1. The number of carbonyl (C=O) groups excluding carboxylic acids is 1. The van der Waals surface area contributed by atoms with Gasteiger partial charge in [-0.2, -0.15) is 4.98 Å². The third kappa shape index (κ3) is 4.74. The van der Waals surface area contributed by atoms with Crippen molar-refractivity contribution in [2.24, 2.45) is 0 Å². The van der Waals surface area contributed by atoms with E-state index in [1.807, 2.05) is 44.2 Å². The topological polar surface area (TPSA) is 75.4 Å². The van der Waals surface area contributed by atoms with Crippen molar-refractivity contribution in [3.05, 3.63) is 93.3 Å². The maximum Gasteiger partial charge on any atom is 0.270 e. The van der Waals surface area contributed by atoms with Gasteiger partial charge >= 0.3 is 0 Å². The maximum absolute atomic E-state index is 13.6. The lowest BCUT2D eigenvalue weighted by Gasteiger charge is -2.22. The number of hydrogen-bond donors (Lipinski definition) is 1. The summed E-state index contributed by atoms with van der Waals surface area (Å²) >= 11 is 0. The number of nitrogens with zero attached hydrogens (tertiary/aromatic N) is 3. The first-order valence-electron chi connectivity index (χ1n) is 11.8. The number of rotatable bonds is 7. The Bertz CT molecular complexity index is 1210. The Morgan fingerprint density at radius 1 is 1.18 bits per heavy atom. The zero-order valence-corrected chi connectivity index (χ0v) is 19.6. The second-order valence-electron chi connectivity index (χ2n) is 8.88. The zero-order valence-electron chi connectivity index (χ0n) is 19.6. The second-order valence-corrected chi connectivity index (χ2v) is 8.88. The van der Waals surface area contributed by atoms with Crippen molar-refractivity contribution in [3.8, 4) is 5.88 Å². The summed E-state index contributed by atoms with van der Waals surface area (Å²) < 4.78 is 14.9. The third-order valence-electron chi connectivity index (χ3n) is 6.62. The van der Waals surface area contributed by atoms with E-state index in [-0.39, 0.29) is 17.3 Å². The Morgan fingerprint density at radius 2 is 1.88 bits per heavy atom. The molecule has 1 unspecified atom stereocenters. The Hall–Kier alpha value is -3.48. The van der Waals surface area contributed by atoms with Gasteiger partial charge in [-0.1, -0.05) is 55.8 Å². The first-order chi connectivity index (χ1) is 16.4. The molecule has 0 saturated carbocycles. The van der Waals surface area contributed by atoms with Gasteiger partial charge in [0.15, 0.2) is 5.56 Å². The van der Waals surface area contributed by atoms with Crippen molar-refractivity contribution in [2.45, 2.75) is 51.5 Å². The van der Waals surface area contributed by atoms with Gasteiger partial charge in [-0.25, -0.2) is 4.39 Å². The standard InChI is InChI=1S/C27H30FN3O3/c1-3-4-10-23-29-25(32)24(27(34)31(23)18(2)19-11-13-22(28)14-12-19)26(33)30-16-15-21(17-30)20-8-6-5-7-9-20/h5-9,11-14,18,21,32H,3-4,10,15-17H2,1-2H3/t18?,21-/m1/s1. The number of carbonyl (C=O) groups is 1. The van der Waals surface area contributed by atoms with E-state index in [4.69, 9.17) is 0 Å². The third-order valence-corrected chi connectivity index (χ3v) is 6.62. The van der Waals surface area contributed by atoms with Crippen LogP contribution in [-0.2, 0) is 6.42 Å². The molecule has 3 aromatic rings. The molecule has 2 atom stereocenters. The van der Waals surface area contributed by atoms with E-state index in [1.54, 1.807) is 17.0 Å². The number of aryl methyl sites for hydroxylation is 1. The molecule has 0 radical (unpaired) electrons. The van der Waals surface area contributed by atoms with Crippen molar-refractivity contribution in [3.63, 3.8) is 0 Å². The summed E-state index contributed by atoms with van der Waals surface area (Å²) in [6, 6.07) is 15.4. The molecule has 1 aliphatic heterocycles. The summed E-state index contributed by atoms with van der Waals surface area (Å²) in [5.41, 5.74) is 1.00. The summed E-state index contributed by atoms with van der Waals surface area (Å²) in [5, 5.41) is 10.7. The molecule has 7 heteroatoms. The molecule has 178 valence electrons. The number of benzene rings is 2. The summed E-state index contributed by atoms with van der Waals surface area (Å²) in [7, 11) is 0. The van der Waals surface area contributed by atoms with Gasteiger partial charge in [0.05, 0.1) is 6.04 Å². The van der Waals surface area contributed by atoms with Crippen LogP contribution >= 0.6 is 0 Å². The van der Waals surface area contributed by atoms with Crippen LogP contribution in [-0.4, -0.2) is 38.6 Å². The molecule has 1 aliphatic rings. The monoisotopic (exact) mass is 463 g/mol. The lowest BCUT2D eigenvalue weighted by Crippen LogP contribution is -2.38. The molecule has 4 rings (SSSR count). The molecule has 1 N–H and O–H groups in total. The summed E-state index contributed by atoms with van der Waals surface area (Å²) in [5.74, 6) is -0.788. The highest BCUT2D eigenvalue weighted by molar-refractivity contribution is 5.96. The van der Waals surface area contributed by atoms with Crippen molar-refractivity contribution in [2.75, 3.05) is 13.1 Å². The molecule has 1 aromatic heterocycles. The van der Waals surface area contributed by atoms with Gasteiger partial charge in [0.25, 0.3) is 11.5 Å². The van der Waals surface area contributed by atoms with Crippen LogP contribution in [0.25, 0.3) is 0 Å². The van der Waals surface area contributed by atoms with Crippen LogP contribution in [0.5, 0.6) is 5.88 Å². The zero-order chi connectivity index (χ0) is 24.2. The molecule has 0 bridgehead atoms. The Morgan fingerprint density at radius 3 is 2.56 bits per heavy atom. The van der Waals surface area contributed by atoms with Gasteiger partial charge in [-0.05, 0) is 43.0 Å². The molecular formula is C27H30FN3O3. The van der Waals surface area contributed by atoms with E-state index in [1.165, 1.54) is 16.7 Å². The normalized spacial score (nSPS) is 16.6. The smallest absolute Gasteiger partial charge is 0.270 e. The minimum Gasteiger partial charge on any atom is -0.493 e. The first-order valence-corrected chi connectivity index (χ1v) is 11.8. The lowest BCUT2D eigenvalue weighted by atomic mass is 9.99. The molecular weight excluding hydrogens is 433 g/mol. The number of likely N-dealkylation sites (tertiary alicyclic amines) is 1. The molecule has 0 aliphatic carbocycles. The highest BCUT2D eigenvalue weighted by atomic mass is 19.1. The first kappa shape index (κ1) is 23.7.